The van der Waals surface area contributed by atoms with E-state index in [-0.39, 0.29) is 0 Å². The van der Waals surface area contributed by atoms with Crippen LogP contribution in [-0.4, -0.2) is 23.8 Å². The average Bonchev–Trinajstić information content (AvgIpc) is 2.79. The van der Waals surface area contributed by atoms with Crippen LogP contribution in [0.2, 0.25) is 0 Å². The van der Waals surface area contributed by atoms with Crippen LogP contribution in [-0.2, 0) is 6.42 Å². The standard InChI is InChI=1S/C14H19N3/c1-11-5-7-12(8-6-11)14-13(10-16-17-14)4-3-9-15-2/h5-8,10,15H,3-4,9H2,1-2H3,(H,16,17). The van der Waals surface area contributed by atoms with Gasteiger partial charge in [-0.1, -0.05) is 29.8 Å². The summed E-state index contributed by atoms with van der Waals surface area (Å²) in [5.74, 6) is 0. The Labute approximate surface area is 102 Å². The van der Waals surface area contributed by atoms with Crippen molar-refractivity contribution >= 4 is 0 Å². The summed E-state index contributed by atoms with van der Waals surface area (Å²) < 4.78 is 0. The fourth-order valence-corrected chi connectivity index (χ4v) is 1.93. The van der Waals surface area contributed by atoms with Crippen LogP contribution in [0.5, 0.6) is 0 Å². The summed E-state index contributed by atoms with van der Waals surface area (Å²) in [5.41, 5.74) is 4.95. The van der Waals surface area contributed by atoms with Crippen molar-refractivity contribution in [2.75, 3.05) is 13.6 Å². The summed E-state index contributed by atoms with van der Waals surface area (Å²) in [6, 6.07) is 8.55. The van der Waals surface area contributed by atoms with Crippen molar-refractivity contribution in [3.8, 4) is 11.3 Å². The van der Waals surface area contributed by atoms with Crippen molar-refractivity contribution in [3.05, 3.63) is 41.6 Å². The molecular formula is C14H19N3. The van der Waals surface area contributed by atoms with Gasteiger partial charge in [0.1, 0.15) is 0 Å². The molecule has 2 N–H and O–H groups in total. The lowest BCUT2D eigenvalue weighted by Gasteiger charge is -2.04. The predicted molar refractivity (Wildman–Crippen MR) is 71.0 cm³/mol. The normalized spacial score (nSPS) is 10.7. The van der Waals surface area contributed by atoms with E-state index in [0.29, 0.717) is 0 Å². The molecule has 1 heterocycles. The van der Waals surface area contributed by atoms with Crippen LogP contribution in [0.3, 0.4) is 0 Å². The predicted octanol–water partition coefficient (Wildman–Crippen LogP) is 2.54. The largest absolute Gasteiger partial charge is 0.320 e. The summed E-state index contributed by atoms with van der Waals surface area (Å²) in [7, 11) is 1.98. The minimum absolute atomic E-state index is 1.04. The van der Waals surface area contributed by atoms with E-state index in [2.05, 4.69) is 46.7 Å². The third-order valence-electron chi connectivity index (χ3n) is 2.93. The topological polar surface area (TPSA) is 40.7 Å². The molecule has 0 bridgehead atoms. The first kappa shape index (κ1) is 11.9. The van der Waals surface area contributed by atoms with Crippen molar-refractivity contribution in [2.45, 2.75) is 19.8 Å². The van der Waals surface area contributed by atoms with E-state index >= 15 is 0 Å². The van der Waals surface area contributed by atoms with Crippen LogP contribution in [0.4, 0.5) is 0 Å². The minimum atomic E-state index is 1.04. The maximum Gasteiger partial charge on any atom is 0.0682 e. The number of aromatic amines is 1. The van der Waals surface area contributed by atoms with E-state index in [0.717, 1.165) is 25.1 Å². The Hall–Kier alpha value is -1.61. The van der Waals surface area contributed by atoms with E-state index in [1.54, 1.807) is 0 Å². The molecule has 0 saturated heterocycles. The molecule has 0 aliphatic rings. The highest BCUT2D eigenvalue weighted by atomic mass is 15.1. The van der Waals surface area contributed by atoms with E-state index in [4.69, 9.17) is 0 Å². The molecule has 2 aromatic rings. The third kappa shape index (κ3) is 2.94. The van der Waals surface area contributed by atoms with E-state index in [1.165, 1.54) is 16.7 Å². The maximum atomic E-state index is 4.15. The van der Waals surface area contributed by atoms with Crippen LogP contribution in [0, 0.1) is 6.92 Å². The van der Waals surface area contributed by atoms with Crippen molar-refractivity contribution in [1.29, 1.82) is 0 Å². The minimum Gasteiger partial charge on any atom is -0.320 e. The summed E-state index contributed by atoms with van der Waals surface area (Å²) >= 11 is 0. The summed E-state index contributed by atoms with van der Waals surface area (Å²) in [6.45, 7) is 3.14. The van der Waals surface area contributed by atoms with Gasteiger partial charge in [0.2, 0.25) is 0 Å². The van der Waals surface area contributed by atoms with Gasteiger partial charge in [0, 0.05) is 0 Å². The second kappa shape index (κ2) is 5.64. The van der Waals surface area contributed by atoms with Gasteiger partial charge in [-0.2, -0.15) is 5.10 Å². The molecule has 0 spiro atoms. The van der Waals surface area contributed by atoms with Gasteiger partial charge in [-0.25, -0.2) is 0 Å². The van der Waals surface area contributed by atoms with Crippen LogP contribution < -0.4 is 5.32 Å². The second-order valence-electron chi connectivity index (χ2n) is 4.34. The van der Waals surface area contributed by atoms with Crippen LogP contribution in [0.15, 0.2) is 30.5 Å². The monoisotopic (exact) mass is 229 g/mol. The molecule has 17 heavy (non-hydrogen) atoms. The molecule has 0 aliphatic heterocycles. The third-order valence-corrected chi connectivity index (χ3v) is 2.93. The Balaban J connectivity index is 2.15. The van der Waals surface area contributed by atoms with Crippen molar-refractivity contribution in [1.82, 2.24) is 15.5 Å². The Bertz CT molecular complexity index is 457. The average molecular weight is 229 g/mol. The highest BCUT2D eigenvalue weighted by molar-refractivity contribution is 5.62. The van der Waals surface area contributed by atoms with E-state index in [9.17, 15) is 0 Å². The van der Waals surface area contributed by atoms with Crippen LogP contribution >= 0.6 is 0 Å². The molecular weight excluding hydrogens is 210 g/mol. The van der Waals surface area contributed by atoms with Crippen molar-refractivity contribution in [3.63, 3.8) is 0 Å². The Kier molecular flexibility index (Phi) is 3.94. The van der Waals surface area contributed by atoms with Gasteiger partial charge < -0.3 is 5.32 Å². The molecule has 90 valence electrons. The highest BCUT2D eigenvalue weighted by Crippen LogP contribution is 2.22. The van der Waals surface area contributed by atoms with Crippen molar-refractivity contribution < 1.29 is 0 Å². The molecule has 0 aliphatic carbocycles. The second-order valence-corrected chi connectivity index (χ2v) is 4.34. The number of hydrogen-bond acceptors (Lipinski definition) is 2. The number of aromatic nitrogens is 2. The Morgan fingerprint density at radius 3 is 2.71 bits per heavy atom. The lowest BCUT2D eigenvalue weighted by molar-refractivity contribution is 0.725. The number of rotatable bonds is 5. The zero-order chi connectivity index (χ0) is 12.1. The SMILES string of the molecule is CNCCCc1cn[nH]c1-c1ccc(C)cc1. The van der Waals surface area contributed by atoms with Gasteiger partial charge in [-0.15, -0.1) is 0 Å². The van der Waals surface area contributed by atoms with Gasteiger partial charge in [-0.3, -0.25) is 5.10 Å². The molecule has 3 nitrogen and oxygen atoms in total. The molecule has 0 amide bonds. The maximum absolute atomic E-state index is 4.15. The van der Waals surface area contributed by atoms with E-state index in [1.807, 2.05) is 13.2 Å². The lowest BCUT2D eigenvalue weighted by Crippen LogP contribution is -2.08. The molecule has 0 radical (unpaired) electrons. The molecule has 2 rings (SSSR count). The summed E-state index contributed by atoms with van der Waals surface area (Å²) in [6.07, 6.45) is 4.13. The first-order valence-electron chi connectivity index (χ1n) is 6.05. The van der Waals surface area contributed by atoms with Crippen LogP contribution in [0.1, 0.15) is 17.5 Å². The summed E-state index contributed by atoms with van der Waals surface area (Å²) in [4.78, 5) is 0. The number of nitrogens with zero attached hydrogens (tertiary/aromatic N) is 1. The molecule has 0 fully saturated rings. The first-order chi connectivity index (χ1) is 8.31. The zero-order valence-electron chi connectivity index (χ0n) is 10.5. The van der Waals surface area contributed by atoms with Gasteiger partial charge in [0.05, 0.1) is 11.9 Å². The number of aryl methyl sites for hydroxylation is 2. The fourth-order valence-electron chi connectivity index (χ4n) is 1.93. The highest BCUT2D eigenvalue weighted by Gasteiger charge is 2.06. The molecule has 0 unspecified atom stereocenters. The van der Waals surface area contributed by atoms with Crippen molar-refractivity contribution in [2.24, 2.45) is 0 Å². The lowest BCUT2D eigenvalue weighted by atomic mass is 10.0. The van der Waals surface area contributed by atoms with E-state index < -0.39 is 0 Å². The van der Waals surface area contributed by atoms with Crippen LogP contribution in [0.25, 0.3) is 11.3 Å². The summed E-state index contributed by atoms with van der Waals surface area (Å²) in [5, 5.41) is 10.4. The quantitative estimate of drug-likeness (QED) is 0.773. The fraction of sp³-hybridized carbons (Fsp3) is 0.357. The molecule has 0 atom stereocenters. The van der Waals surface area contributed by atoms with Gasteiger partial charge in [0.15, 0.2) is 0 Å². The zero-order valence-corrected chi connectivity index (χ0v) is 10.5. The molecule has 0 saturated carbocycles. The molecule has 1 aromatic carbocycles. The van der Waals surface area contributed by atoms with Gasteiger partial charge in [0.25, 0.3) is 0 Å². The van der Waals surface area contributed by atoms with Gasteiger partial charge >= 0.3 is 0 Å². The molecule has 1 aromatic heterocycles. The number of nitrogens with one attached hydrogen (secondary N) is 2. The number of hydrogen-bond donors (Lipinski definition) is 2. The number of H-pyrrole nitrogens is 1. The molecule has 3 heteroatoms. The smallest absolute Gasteiger partial charge is 0.0682 e. The Morgan fingerprint density at radius 1 is 1.24 bits per heavy atom. The number of benzene rings is 1. The Morgan fingerprint density at radius 2 is 2.00 bits per heavy atom. The first-order valence-corrected chi connectivity index (χ1v) is 6.05. The van der Waals surface area contributed by atoms with Gasteiger partial charge in [-0.05, 0) is 44.5 Å².